The van der Waals surface area contributed by atoms with E-state index in [-0.39, 0.29) is 11.8 Å². The molecule has 4 nitrogen and oxygen atoms in total. The minimum Gasteiger partial charge on any atom is -0.357 e. The SMILES string of the molecule is CCCC(=O)N(Cc1ccc(C)cc1)[C@H](CC)C(=O)NC. The zero-order valence-corrected chi connectivity index (χ0v) is 13.5. The maximum Gasteiger partial charge on any atom is 0.242 e. The summed E-state index contributed by atoms with van der Waals surface area (Å²) in [5.41, 5.74) is 2.23. The zero-order chi connectivity index (χ0) is 15.8. The predicted molar refractivity (Wildman–Crippen MR) is 84.8 cm³/mol. The molecule has 0 aliphatic rings. The Morgan fingerprint density at radius 1 is 1.19 bits per heavy atom. The molecule has 0 aliphatic heterocycles. The summed E-state index contributed by atoms with van der Waals surface area (Å²) in [6, 6.07) is 7.67. The summed E-state index contributed by atoms with van der Waals surface area (Å²) in [4.78, 5) is 26.1. The summed E-state index contributed by atoms with van der Waals surface area (Å²) in [5, 5.41) is 2.66. The monoisotopic (exact) mass is 290 g/mol. The number of nitrogens with zero attached hydrogens (tertiary/aromatic N) is 1. The molecule has 0 radical (unpaired) electrons. The molecule has 0 fully saturated rings. The van der Waals surface area contributed by atoms with Crippen LogP contribution in [0.2, 0.25) is 0 Å². The van der Waals surface area contributed by atoms with Gasteiger partial charge in [-0.3, -0.25) is 9.59 Å². The first-order valence-electron chi connectivity index (χ1n) is 7.60. The highest BCUT2D eigenvalue weighted by molar-refractivity contribution is 5.87. The summed E-state index contributed by atoms with van der Waals surface area (Å²) in [6.45, 7) is 6.41. The molecular formula is C17H26N2O2. The molecular weight excluding hydrogens is 264 g/mol. The molecule has 0 aliphatic carbocycles. The van der Waals surface area contributed by atoms with Crippen molar-refractivity contribution < 1.29 is 9.59 Å². The Kier molecular flexibility index (Phi) is 6.92. The normalized spacial score (nSPS) is 11.8. The molecule has 0 spiro atoms. The fraction of sp³-hybridized carbons (Fsp3) is 0.529. The average molecular weight is 290 g/mol. The predicted octanol–water partition coefficient (Wildman–Crippen LogP) is 2.65. The second-order valence-electron chi connectivity index (χ2n) is 5.30. The minimum absolute atomic E-state index is 0.0357. The van der Waals surface area contributed by atoms with Gasteiger partial charge in [0.05, 0.1) is 0 Å². The van der Waals surface area contributed by atoms with Crippen molar-refractivity contribution in [2.24, 2.45) is 0 Å². The van der Waals surface area contributed by atoms with Crippen molar-refractivity contribution in [1.29, 1.82) is 0 Å². The lowest BCUT2D eigenvalue weighted by atomic mass is 10.1. The summed E-state index contributed by atoms with van der Waals surface area (Å²) in [7, 11) is 1.61. The Morgan fingerprint density at radius 3 is 2.29 bits per heavy atom. The number of carbonyl (C=O) groups excluding carboxylic acids is 2. The molecule has 1 aromatic rings. The molecule has 1 atom stereocenters. The molecule has 4 heteroatoms. The van der Waals surface area contributed by atoms with Gasteiger partial charge in [-0.25, -0.2) is 0 Å². The number of aryl methyl sites for hydroxylation is 1. The number of benzene rings is 1. The van der Waals surface area contributed by atoms with Crippen molar-refractivity contribution in [3.63, 3.8) is 0 Å². The van der Waals surface area contributed by atoms with Crippen LogP contribution in [0.5, 0.6) is 0 Å². The zero-order valence-electron chi connectivity index (χ0n) is 13.5. The van der Waals surface area contributed by atoms with Crippen LogP contribution in [0.4, 0.5) is 0 Å². The third kappa shape index (κ3) is 4.88. The molecule has 0 saturated carbocycles. The van der Waals surface area contributed by atoms with Gasteiger partial charge in [0, 0.05) is 20.0 Å². The van der Waals surface area contributed by atoms with E-state index in [2.05, 4.69) is 5.32 Å². The lowest BCUT2D eigenvalue weighted by Crippen LogP contribution is -2.48. The average Bonchev–Trinajstić information content (AvgIpc) is 2.48. The van der Waals surface area contributed by atoms with Gasteiger partial charge in [0.25, 0.3) is 0 Å². The van der Waals surface area contributed by atoms with Crippen LogP contribution in [0.25, 0.3) is 0 Å². The van der Waals surface area contributed by atoms with Crippen LogP contribution in [0.15, 0.2) is 24.3 Å². The highest BCUT2D eigenvalue weighted by Gasteiger charge is 2.27. The lowest BCUT2D eigenvalue weighted by molar-refractivity contribution is -0.141. The summed E-state index contributed by atoms with van der Waals surface area (Å²) in [6.07, 6.45) is 1.87. The van der Waals surface area contributed by atoms with Gasteiger partial charge in [0.15, 0.2) is 0 Å². The first kappa shape index (κ1) is 17.2. The van der Waals surface area contributed by atoms with E-state index in [0.717, 1.165) is 12.0 Å². The van der Waals surface area contributed by atoms with Gasteiger partial charge < -0.3 is 10.2 Å². The number of rotatable bonds is 7. The van der Waals surface area contributed by atoms with Crippen LogP contribution in [-0.4, -0.2) is 29.8 Å². The second kappa shape index (κ2) is 8.45. The van der Waals surface area contributed by atoms with Crippen LogP contribution in [-0.2, 0) is 16.1 Å². The number of amides is 2. The summed E-state index contributed by atoms with van der Waals surface area (Å²) >= 11 is 0. The highest BCUT2D eigenvalue weighted by Crippen LogP contribution is 2.14. The quantitative estimate of drug-likeness (QED) is 0.839. The van der Waals surface area contributed by atoms with Gasteiger partial charge in [-0.15, -0.1) is 0 Å². The van der Waals surface area contributed by atoms with Crippen molar-refractivity contribution in [2.75, 3.05) is 7.05 Å². The number of likely N-dealkylation sites (N-methyl/N-ethyl adjacent to an activating group) is 1. The number of hydrogen-bond acceptors (Lipinski definition) is 2. The number of nitrogens with one attached hydrogen (secondary N) is 1. The smallest absolute Gasteiger partial charge is 0.242 e. The molecule has 0 bridgehead atoms. The van der Waals surface area contributed by atoms with Crippen molar-refractivity contribution >= 4 is 11.8 Å². The van der Waals surface area contributed by atoms with E-state index in [9.17, 15) is 9.59 Å². The standard InChI is InChI=1S/C17H26N2O2/c1-5-7-16(20)19(15(6-2)17(21)18-4)12-14-10-8-13(3)9-11-14/h8-11,15H,5-7,12H2,1-4H3,(H,18,21)/t15-/m1/s1. The second-order valence-corrected chi connectivity index (χ2v) is 5.30. The third-order valence-electron chi connectivity index (χ3n) is 3.57. The molecule has 0 saturated heterocycles. The summed E-state index contributed by atoms with van der Waals surface area (Å²) in [5.74, 6) is -0.0670. The molecule has 1 N–H and O–H groups in total. The Bertz CT molecular complexity index is 468. The number of hydrogen-bond donors (Lipinski definition) is 1. The fourth-order valence-electron chi connectivity index (χ4n) is 2.33. The van der Waals surface area contributed by atoms with Crippen molar-refractivity contribution in [3.8, 4) is 0 Å². The first-order valence-corrected chi connectivity index (χ1v) is 7.60. The molecule has 2 amide bonds. The van der Waals surface area contributed by atoms with E-state index in [1.54, 1.807) is 11.9 Å². The van der Waals surface area contributed by atoms with Crippen LogP contribution in [0.3, 0.4) is 0 Å². The summed E-state index contributed by atoms with van der Waals surface area (Å²) < 4.78 is 0. The van der Waals surface area contributed by atoms with Gasteiger partial charge in [0.1, 0.15) is 6.04 Å². The molecule has 1 aromatic carbocycles. The highest BCUT2D eigenvalue weighted by atomic mass is 16.2. The van der Waals surface area contributed by atoms with Crippen molar-refractivity contribution in [3.05, 3.63) is 35.4 Å². The number of carbonyl (C=O) groups is 2. The molecule has 0 heterocycles. The van der Waals surface area contributed by atoms with Gasteiger partial charge in [-0.2, -0.15) is 0 Å². The molecule has 116 valence electrons. The molecule has 21 heavy (non-hydrogen) atoms. The maximum absolute atomic E-state index is 12.4. The Balaban J connectivity index is 2.97. The van der Waals surface area contributed by atoms with Crippen molar-refractivity contribution in [2.45, 2.75) is 52.6 Å². The molecule has 1 rings (SSSR count). The van der Waals surface area contributed by atoms with Gasteiger partial charge in [0.2, 0.25) is 11.8 Å². The van der Waals surface area contributed by atoms with E-state index in [4.69, 9.17) is 0 Å². The third-order valence-corrected chi connectivity index (χ3v) is 3.57. The molecule has 0 aromatic heterocycles. The Hall–Kier alpha value is -1.84. The minimum atomic E-state index is -0.407. The van der Waals surface area contributed by atoms with Crippen molar-refractivity contribution in [1.82, 2.24) is 10.2 Å². The Labute approximate surface area is 127 Å². The first-order chi connectivity index (χ1) is 10.0. The van der Waals surface area contributed by atoms with Crippen LogP contribution in [0.1, 0.15) is 44.2 Å². The fourth-order valence-corrected chi connectivity index (χ4v) is 2.33. The molecule has 0 unspecified atom stereocenters. The van der Waals surface area contributed by atoms with Crippen LogP contribution >= 0.6 is 0 Å². The maximum atomic E-state index is 12.4. The Morgan fingerprint density at radius 2 is 1.81 bits per heavy atom. The van der Waals surface area contributed by atoms with Crippen LogP contribution in [0, 0.1) is 6.92 Å². The van der Waals surface area contributed by atoms with E-state index in [1.807, 2.05) is 45.0 Å². The van der Waals surface area contributed by atoms with Crippen LogP contribution < -0.4 is 5.32 Å². The van der Waals surface area contributed by atoms with E-state index >= 15 is 0 Å². The largest absolute Gasteiger partial charge is 0.357 e. The topological polar surface area (TPSA) is 49.4 Å². The van der Waals surface area contributed by atoms with E-state index < -0.39 is 6.04 Å². The lowest BCUT2D eigenvalue weighted by Gasteiger charge is -2.30. The van der Waals surface area contributed by atoms with E-state index in [0.29, 0.717) is 19.4 Å². The van der Waals surface area contributed by atoms with Gasteiger partial charge >= 0.3 is 0 Å². The van der Waals surface area contributed by atoms with Gasteiger partial charge in [-0.05, 0) is 25.3 Å². The van der Waals surface area contributed by atoms with Gasteiger partial charge in [-0.1, -0.05) is 43.7 Å². The van der Waals surface area contributed by atoms with E-state index in [1.165, 1.54) is 5.56 Å².